The molecule has 0 bridgehead atoms. The number of hydrogen-bond acceptors (Lipinski definition) is 4. The van der Waals surface area contributed by atoms with Crippen molar-refractivity contribution >= 4 is 41.1 Å². The molecule has 1 atom stereocenters. The number of rotatable bonds is 6. The normalized spacial score (nSPS) is 11.8. The third-order valence-electron chi connectivity index (χ3n) is 3.45. The number of amides is 2. The zero-order valence-corrected chi connectivity index (χ0v) is 15.0. The first kappa shape index (κ1) is 20.1. The van der Waals surface area contributed by atoms with Crippen LogP contribution in [0.2, 0.25) is 5.02 Å². The van der Waals surface area contributed by atoms with Crippen LogP contribution in [0.1, 0.15) is 22.8 Å². The molecule has 2 rings (SSSR count). The lowest BCUT2D eigenvalue weighted by molar-refractivity contribution is -0.148. The Balaban J connectivity index is 1.90. The third kappa shape index (κ3) is 5.93. The van der Waals surface area contributed by atoms with Gasteiger partial charge in [0.25, 0.3) is 5.91 Å². The van der Waals surface area contributed by atoms with E-state index in [2.05, 4.69) is 5.32 Å². The van der Waals surface area contributed by atoms with Gasteiger partial charge in [0, 0.05) is 17.3 Å². The Bertz CT molecular complexity index is 897. The molecule has 0 aliphatic heterocycles. The van der Waals surface area contributed by atoms with Gasteiger partial charge in [-0.2, -0.15) is 0 Å². The minimum absolute atomic E-state index is 0.0689. The van der Waals surface area contributed by atoms with Crippen LogP contribution in [0.25, 0.3) is 6.08 Å². The number of primary amides is 1. The van der Waals surface area contributed by atoms with E-state index in [1.165, 1.54) is 55.5 Å². The maximum Gasteiger partial charge on any atom is 0.331 e. The number of benzene rings is 2. The van der Waals surface area contributed by atoms with Crippen LogP contribution in [0, 0.1) is 5.82 Å². The van der Waals surface area contributed by atoms with Gasteiger partial charge >= 0.3 is 5.97 Å². The van der Waals surface area contributed by atoms with E-state index >= 15 is 0 Å². The molecule has 0 radical (unpaired) electrons. The Morgan fingerprint density at radius 3 is 2.44 bits per heavy atom. The van der Waals surface area contributed by atoms with Gasteiger partial charge in [0.15, 0.2) is 6.10 Å². The number of nitrogens with one attached hydrogen (secondary N) is 1. The molecule has 2 aromatic carbocycles. The van der Waals surface area contributed by atoms with Gasteiger partial charge in [-0.15, -0.1) is 0 Å². The number of halogens is 2. The molecular weight excluding hydrogens is 375 g/mol. The van der Waals surface area contributed by atoms with Crippen molar-refractivity contribution in [3.05, 3.63) is 70.5 Å². The van der Waals surface area contributed by atoms with Crippen LogP contribution in [0.5, 0.6) is 0 Å². The lowest BCUT2D eigenvalue weighted by Crippen LogP contribution is -2.29. The first-order valence-corrected chi connectivity index (χ1v) is 8.18. The predicted molar refractivity (Wildman–Crippen MR) is 99.6 cm³/mol. The van der Waals surface area contributed by atoms with E-state index in [1.807, 2.05) is 0 Å². The van der Waals surface area contributed by atoms with Gasteiger partial charge in [-0.05, 0) is 55.0 Å². The molecule has 0 spiro atoms. The SMILES string of the molecule is C[C@H](OC(=O)/C=C/c1ccc(F)c(Cl)c1)C(=O)Nc1ccc(C(N)=O)cc1. The predicted octanol–water partition coefficient (Wildman–Crippen LogP) is 3.16. The van der Waals surface area contributed by atoms with Gasteiger partial charge in [0.05, 0.1) is 5.02 Å². The summed E-state index contributed by atoms with van der Waals surface area (Å²) < 4.78 is 18.1. The van der Waals surface area contributed by atoms with Crippen molar-refractivity contribution < 1.29 is 23.5 Å². The van der Waals surface area contributed by atoms with E-state index in [9.17, 15) is 18.8 Å². The van der Waals surface area contributed by atoms with E-state index in [0.29, 0.717) is 16.8 Å². The molecule has 0 aliphatic carbocycles. The maximum atomic E-state index is 13.1. The fourth-order valence-electron chi connectivity index (χ4n) is 2.01. The van der Waals surface area contributed by atoms with Gasteiger partial charge in [0.1, 0.15) is 5.82 Å². The molecule has 0 unspecified atom stereocenters. The standard InChI is InChI=1S/C19H16ClFN2O4/c1-11(19(26)23-14-6-4-13(5-7-14)18(22)25)27-17(24)9-3-12-2-8-16(21)15(20)10-12/h2-11H,1H3,(H2,22,25)(H,23,26)/b9-3+/t11-/m0/s1. The van der Waals surface area contributed by atoms with E-state index in [-0.39, 0.29) is 5.02 Å². The van der Waals surface area contributed by atoms with E-state index in [4.69, 9.17) is 22.1 Å². The molecule has 0 saturated heterocycles. The molecule has 2 amide bonds. The highest BCUT2D eigenvalue weighted by molar-refractivity contribution is 6.30. The summed E-state index contributed by atoms with van der Waals surface area (Å²) >= 11 is 5.66. The number of anilines is 1. The van der Waals surface area contributed by atoms with Gasteiger partial charge in [-0.25, -0.2) is 9.18 Å². The lowest BCUT2D eigenvalue weighted by atomic mass is 10.2. The zero-order chi connectivity index (χ0) is 20.0. The van der Waals surface area contributed by atoms with Crippen LogP contribution in [-0.4, -0.2) is 23.9 Å². The number of carbonyl (C=O) groups excluding carboxylic acids is 3. The first-order valence-electron chi connectivity index (χ1n) is 7.80. The average Bonchev–Trinajstić information content (AvgIpc) is 2.63. The van der Waals surface area contributed by atoms with Crippen LogP contribution in [-0.2, 0) is 14.3 Å². The van der Waals surface area contributed by atoms with Crippen LogP contribution >= 0.6 is 11.6 Å². The van der Waals surface area contributed by atoms with Gasteiger partial charge in [-0.3, -0.25) is 9.59 Å². The highest BCUT2D eigenvalue weighted by Crippen LogP contribution is 2.17. The molecule has 0 fully saturated rings. The molecular formula is C19H16ClFN2O4. The molecule has 0 heterocycles. The summed E-state index contributed by atoms with van der Waals surface area (Å²) in [6.45, 7) is 1.41. The molecule has 140 valence electrons. The second kappa shape index (κ2) is 8.95. The van der Waals surface area contributed by atoms with Gasteiger partial charge < -0.3 is 15.8 Å². The topological polar surface area (TPSA) is 98.5 Å². The zero-order valence-electron chi connectivity index (χ0n) is 14.2. The van der Waals surface area contributed by atoms with Crippen molar-refractivity contribution in [1.29, 1.82) is 0 Å². The Morgan fingerprint density at radius 1 is 1.19 bits per heavy atom. The number of esters is 1. The van der Waals surface area contributed by atoms with Gasteiger partial charge in [-0.1, -0.05) is 17.7 Å². The van der Waals surface area contributed by atoms with Crippen LogP contribution in [0.15, 0.2) is 48.5 Å². The Morgan fingerprint density at radius 2 is 1.85 bits per heavy atom. The van der Waals surface area contributed by atoms with Crippen LogP contribution in [0.3, 0.4) is 0 Å². The van der Waals surface area contributed by atoms with Gasteiger partial charge in [0.2, 0.25) is 5.91 Å². The third-order valence-corrected chi connectivity index (χ3v) is 3.74. The Hall–Kier alpha value is -3.19. The number of ether oxygens (including phenoxy) is 1. The van der Waals surface area contributed by atoms with Crippen molar-refractivity contribution in [2.75, 3.05) is 5.32 Å². The van der Waals surface area contributed by atoms with Crippen LogP contribution < -0.4 is 11.1 Å². The number of carbonyl (C=O) groups is 3. The Kier molecular flexibility index (Phi) is 6.67. The average molecular weight is 391 g/mol. The molecule has 0 aromatic heterocycles. The minimum atomic E-state index is -1.06. The molecule has 2 aromatic rings. The molecule has 3 N–H and O–H groups in total. The fourth-order valence-corrected chi connectivity index (χ4v) is 2.20. The highest BCUT2D eigenvalue weighted by Gasteiger charge is 2.16. The monoisotopic (exact) mass is 390 g/mol. The summed E-state index contributed by atoms with van der Waals surface area (Å²) in [5.41, 5.74) is 6.37. The highest BCUT2D eigenvalue weighted by atomic mass is 35.5. The van der Waals surface area contributed by atoms with Crippen LogP contribution in [0.4, 0.5) is 10.1 Å². The van der Waals surface area contributed by atoms with Crippen molar-refractivity contribution in [2.24, 2.45) is 5.73 Å². The van der Waals surface area contributed by atoms with Crippen molar-refractivity contribution in [2.45, 2.75) is 13.0 Å². The summed E-state index contributed by atoms with van der Waals surface area (Å²) in [4.78, 5) is 34.9. The van der Waals surface area contributed by atoms with E-state index < -0.39 is 29.7 Å². The molecule has 27 heavy (non-hydrogen) atoms. The molecule has 0 saturated carbocycles. The second-order valence-corrected chi connectivity index (χ2v) is 5.92. The number of nitrogens with two attached hydrogens (primary N) is 1. The smallest absolute Gasteiger partial charge is 0.331 e. The first-order chi connectivity index (χ1) is 12.8. The van der Waals surface area contributed by atoms with E-state index in [1.54, 1.807) is 0 Å². The lowest BCUT2D eigenvalue weighted by Gasteiger charge is -2.12. The minimum Gasteiger partial charge on any atom is -0.449 e. The Labute approximate surface area is 159 Å². The summed E-state index contributed by atoms with van der Waals surface area (Å²) in [5, 5.41) is 2.48. The summed E-state index contributed by atoms with van der Waals surface area (Å²) in [6.07, 6.45) is 1.44. The quantitative estimate of drug-likeness (QED) is 0.584. The summed E-state index contributed by atoms with van der Waals surface area (Å²) in [5.74, 6) is -2.44. The maximum absolute atomic E-state index is 13.1. The summed E-state index contributed by atoms with van der Waals surface area (Å²) in [6, 6.07) is 9.90. The van der Waals surface area contributed by atoms with Crippen molar-refractivity contribution in [3.8, 4) is 0 Å². The largest absolute Gasteiger partial charge is 0.449 e. The fraction of sp³-hybridized carbons (Fsp3) is 0.105. The second-order valence-electron chi connectivity index (χ2n) is 5.52. The van der Waals surface area contributed by atoms with Crippen molar-refractivity contribution in [1.82, 2.24) is 0 Å². The molecule has 8 heteroatoms. The van der Waals surface area contributed by atoms with Crippen molar-refractivity contribution in [3.63, 3.8) is 0 Å². The molecule has 0 aliphatic rings. The number of hydrogen-bond donors (Lipinski definition) is 2. The van der Waals surface area contributed by atoms with E-state index in [0.717, 1.165) is 6.08 Å². The summed E-state index contributed by atoms with van der Waals surface area (Å²) in [7, 11) is 0. The molecule has 6 nitrogen and oxygen atoms in total.